The number of carboxylic acid groups (broad SMARTS) is 1. The van der Waals surface area contributed by atoms with Gasteiger partial charge in [-0.2, -0.15) is 0 Å². The number of hydrogen-bond acceptors (Lipinski definition) is 3. The summed E-state index contributed by atoms with van der Waals surface area (Å²) in [5.74, 6) is -1.43. The highest BCUT2D eigenvalue weighted by molar-refractivity contribution is 6.30. The zero-order valence-electron chi connectivity index (χ0n) is 13.8. The maximum absolute atomic E-state index is 11.9. The fraction of sp³-hybridized carbons (Fsp3) is 0.471. The van der Waals surface area contributed by atoms with Crippen molar-refractivity contribution in [1.82, 2.24) is 10.6 Å². The molecule has 1 aromatic rings. The number of carboxylic acids is 1. The Bertz CT molecular complexity index is 572. The van der Waals surface area contributed by atoms with Crippen molar-refractivity contribution >= 4 is 29.4 Å². The molecule has 3 N–H and O–H groups in total. The minimum Gasteiger partial charge on any atom is -0.480 e. The molecule has 0 aliphatic carbocycles. The van der Waals surface area contributed by atoms with Crippen LogP contribution in [0.4, 0.5) is 0 Å². The molecule has 0 bridgehead atoms. The normalized spacial score (nSPS) is 11.8. The summed E-state index contributed by atoms with van der Waals surface area (Å²) >= 11 is 5.76. The molecule has 0 unspecified atom stereocenters. The molecular formula is C17H23ClN2O4. The van der Waals surface area contributed by atoms with E-state index >= 15 is 0 Å². The van der Waals surface area contributed by atoms with Crippen LogP contribution in [0.2, 0.25) is 5.02 Å². The third-order valence-electron chi connectivity index (χ3n) is 3.31. The Morgan fingerprint density at radius 1 is 1.17 bits per heavy atom. The van der Waals surface area contributed by atoms with Gasteiger partial charge in [-0.15, -0.1) is 0 Å². The van der Waals surface area contributed by atoms with Gasteiger partial charge in [0, 0.05) is 23.6 Å². The Kier molecular flexibility index (Phi) is 8.26. The van der Waals surface area contributed by atoms with Gasteiger partial charge in [0.15, 0.2) is 0 Å². The van der Waals surface area contributed by atoms with Crippen molar-refractivity contribution < 1.29 is 19.5 Å². The molecule has 0 heterocycles. The summed E-state index contributed by atoms with van der Waals surface area (Å²) in [4.78, 5) is 34.7. The van der Waals surface area contributed by atoms with E-state index in [-0.39, 0.29) is 24.2 Å². The van der Waals surface area contributed by atoms with Gasteiger partial charge in [0.2, 0.25) is 5.91 Å². The maximum Gasteiger partial charge on any atom is 0.326 e. The first-order valence-corrected chi connectivity index (χ1v) is 8.23. The predicted octanol–water partition coefficient (Wildman–Crippen LogP) is 2.47. The molecule has 7 heteroatoms. The van der Waals surface area contributed by atoms with Crippen molar-refractivity contribution in [3.8, 4) is 0 Å². The van der Waals surface area contributed by atoms with Gasteiger partial charge in [-0.1, -0.05) is 25.4 Å². The molecule has 0 aliphatic heterocycles. The first-order valence-electron chi connectivity index (χ1n) is 7.85. The van der Waals surface area contributed by atoms with Gasteiger partial charge in [0.05, 0.1) is 0 Å². The summed E-state index contributed by atoms with van der Waals surface area (Å²) in [6, 6.07) is 5.62. The van der Waals surface area contributed by atoms with E-state index in [0.29, 0.717) is 30.0 Å². The molecule has 0 saturated carbocycles. The molecule has 0 spiro atoms. The number of hydrogen-bond donors (Lipinski definition) is 3. The third kappa shape index (κ3) is 7.46. The van der Waals surface area contributed by atoms with Gasteiger partial charge in [-0.25, -0.2) is 4.79 Å². The summed E-state index contributed by atoms with van der Waals surface area (Å²) in [5.41, 5.74) is 0.492. The molecular weight excluding hydrogens is 332 g/mol. The van der Waals surface area contributed by atoms with Gasteiger partial charge < -0.3 is 15.7 Å². The molecule has 0 aliphatic rings. The molecule has 1 rings (SSSR count). The lowest BCUT2D eigenvalue weighted by Gasteiger charge is -2.16. The predicted molar refractivity (Wildman–Crippen MR) is 92.0 cm³/mol. The standard InChI is InChI=1S/C17H23ClN2O4/c1-11(2)10-14(17(23)24)20-15(21)4-3-9-19-16(22)12-5-7-13(18)8-6-12/h5-8,11,14H,3-4,9-10H2,1-2H3,(H,19,22)(H,20,21)(H,23,24)/t14-/m1/s1. The van der Waals surface area contributed by atoms with Gasteiger partial charge in [-0.3, -0.25) is 9.59 Å². The van der Waals surface area contributed by atoms with E-state index in [1.54, 1.807) is 24.3 Å². The van der Waals surface area contributed by atoms with Gasteiger partial charge >= 0.3 is 5.97 Å². The van der Waals surface area contributed by atoms with E-state index in [1.807, 2.05) is 13.8 Å². The third-order valence-corrected chi connectivity index (χ3v) is 3.56. The number of rotatable bonds is 9. The van der Waals surface area contributed by atoms with E-state index in [1.165, 1.54) is 0 Å². The van der Waals surface area contributed by atoms with Crippen molar-refractivity contribution in [3.63, 3.8) is 0 Å². The molecule has 24 heavy (non-hydrogen) atoms. The molecule has 0 fully saturated rings. The fourth-order valence-corrected chi connectivity index (χ4v) is 2.24. The van der Waals surface area contributed by atoms with Crippen LogP contribution in [-0.4, -0.2) is 35.5 Å². The van der Waals surface area contributed by atoms with Crippen LogP contribution in [-0.2, 0) is 9.59 Å². The van der Waals surface area contributed by atoms with Crippen molar-refractivity contribution in [2.24, 2.45) is 5.92 Å². The number of benzene rings is 1. The van der Waals surface area contributed by atoms with Crippen molar-refractivity contribution in [1.29, 1.82) is 0 Å². The summed E-state index contributed by atoms with van der Waals surface area (Å²) < 4.78 is 0. The van der Waals surface area contributed by atoms with E-state index in [2.05, 4.69) is 10.6 Å². The van der Waals surface area contributed by atoms with Crippen molar-refractivity contribution in [2.45, 2.75) is 39.2 Å². The first kappa shape index (κ1) is 20.0. The average Bonchev–Trinajstić information content (AvgIpc) is 2.50. The minimum atomic E-state index is -1.03. The zero-order valence-corrected chi connectivity index (χ0v) is 14.6. The van der Waals surface area contributed by atoms with Crippen LogP contribution >= 0.6 is 11.6 Å². The summed E-state index contributed by atoms with van der Waals surface area (Å²) in [6.07, 6.45) is 0.969. The number of amides is 2. The van der Waals surface area contributed by atoms with Crippen LogP contribution in [0.25, 0.3) is 0 Å². The van der Waals surface area contributed by atoms with Crippen LogP contribution in [0, 0.1) is 5.92 Å². The summed E-state index contributed by atoms with van der Waals surface area (Å²) in [7, 11) is 0. The quantitative estimate of drug-likeness (QED) is 0.593. The van der Waals surface area contributed by atoms with Crippen LogP contribution in [0.1, 0.15) is 43.5 Å². The maximum atomic E-state index is 11.9. The monoisotopic (exact) mass is 354 g/mol. The SMILES string of the molecule is CC(C)C[C@@H](NC(=O)CCCNC(=O)c1ccc(Cl)cc1)C(=O)O. The second-order valence-corrected chi connectivity index (χ2v) is 6.39. The Balaban J connectivity index is 2.31. The zero-order chi connectivity index (χ0) is 18.1. The average molecular weight is 355 g/mol. The van der Waals surface area contributed by atoms with Gasteiger partial charge in [-0.05, 0) is 43.0 Å². The second-order valence-electron chi connectivity index (χ2n) is 5.95. The number of carbonyl (C=O) groups excluding carboxylic acids is 2. The molecule has 0 aromatic heterocycles. The smallest absolute Gasteiger partial charge is 0.326 e. The molecule has 1 aromatic carbocycles. The minimum absolute atomic E-state index is 0.156. The van der Waals surface area contributed by atoms with E-state index in [0.717, 1.165) is 0 Å². The van der Waals surface area contributed by atoms with Gasteiger partial charge in [0.1, 0.15) is 6.04 Å². The highest BCUT2D eigenvalue weighted by Gasteiger charge is 2.20. The molecule has 6 nitrogen and oxygen atoms in total. The molecule has 0 radical (unpaired) electrons. The lowest BCUT2D eigenvalue weighted by Crippen LogP contribution is -2.41. The van der Waals surface area contributed by atoms with E-state index in [9.17, 15) is 14.4 Å². The van der Waals surface area contributed by atoms with Crippen LogP contribution in [0.5, 0.6) is 0 Å². The number of nitrogens with one attached hydrogen (secondary N) is 2. The van der Waals surface area contributed by atoms with Crippen LogP contribution in [0.15, 0.2) is 24.3 Å². The van der Waals surface area contributed by atoms with Gasteiger partial charge in [0.25, 0.3) is 5.91 Å². The van der Waals surface area contributed by atoms with Crippen LogP contribution < -0.4 is 10.6 Å². The number of aliphatic carboxylic acids is 1. The first-order chi connectivity index (χ1) is 11.3. The topological polar surface area (TPSA) is 95.5 Å². The highest BCUT2D eigenvalue weighted by atomic mass is 35.5. The molecule has 0 saturated heterocycles. The second kappa shape index (κ2) is 9.93. The van der Waals surface area contributed by atoms with E-state index in [4.69, 9.17) is 16.7 Å². The fourth-order valence-electron chi connectivity index (χ4n) is 2.11. The summed E-state index contributed by atoms with van der Waals surface area (Å²) in [5, 5.41) is 14.8. The Hall–Kier alpha value is -2.08. The van der Waals surface area contributed by atoms with Crippen LogP contribution in [0.3, 0.4) is 0 Å². The lowest BCUT2D eigenvalue weighted by atomic mass is 10.0. The Labute approximate surface area is 146 Å². The number of halogens is 1. The molecule has 2 amide bonds. The highest BCUT2D eigenvalue weighted by Crippen LogP contribution is 2.09. The summed E-state index contributed by atoms with van der Waals surface area (Å²) in [6.45, 7) is 4.12. The van der Waals surface area contributed by atoms with Crippen molar-refractivity contribution in [2.75, 3.05) is 6.54 Å². The number of carbonyl (C=O) groups is 3. The Morgan fingerprint density at radius 3 is 2.33 bits per heavy atom. The van der Waals surface area contributed by atoms with Crippen molar-refractivity contribution in [3.05, 3.63) is 34.9 Å². The van der Waals surface area contributed by atoms with E-state index < -0.39 is 12.0 Å². The molecule has 1 atom stereocenters. The Morgan fingerprint density at radius 2 is 1.79 bits per heavy atom. The lowest BCUT2D eigenvalue weighted by molar-refractivity contribution is -0.142. The largest absolute Gasteiger partial charge is 0.480 e. The molecule has 132 valence electrons.